The molecule has 0 fully saturated rings. The lowest BCUT2D eigenvalue weighted by molar-refractivity contribution is -0.138. The molecule has 4 rings (SSSR count). The van der Waals surface area contributed by atoms with Crippen molar-refractivity contribution in [3.05, 3.63) is 78.0 Å². The van der Waals surface area contributed by atoms with Gasteiger partial charge in [0.1, 0.15) is 5.57 Å². The number of benzene rings is 3. The number of anilines is 1. The van der Waals surface area contributed by atoms with Gasteiger partial charge in [0.25, 0.3) is 0 Å². The molecule has 0 saturated heterocycles. The molecule has 0 aliphatic carbocycles. The second kappa shape index (κ2) is 8.06. The van der Waals surface area contributed by atoms with Gasteiger partial charge in [-0.1, -0.05) is 36.4 Å². The molecule has 29 heavy (non-hydrogen) atoms. The summed E-state index contributed by atoms with van der Waals surface area (Å²) >= 11 is 0. The number of ether oxygens (including phenoxy) is 3. The third-order valence-electron chi connectivity index (χ3n) is 4.51. The van der Waals surface area contributed by atoms with Crippen LogP contribution in [-0.4, -0.2) is 25.2 Å². The van der Waals surface area contributed by atoms with Crippen LogP contribution < -0.4 is 14.8 Å². The number of ketones is 1. The minimum Gasteiger partial charge on any atom is -0.462 e. The van der Waals surface area contributed by atoms with E-state index >= 15 is 0 Å². The van der Waals surface area contributed by atoms with Gasteiger partial charge < -0.3 is 19.5 Å². The van der Waals surface area contributed by atoms with Crippen LogP contribution in [0.4, 0.5) is 5.69 Å². The fraction of sp³-hybridized carbons (Fsp3) is 0.130. The van der Waals surface area contributed by atoms with Crippen LogP contribution in [0.15, 0.2) is 72.4 Å². The Kier molecular flexibility index (Phi) is 5.16. The molecule has 0 aromatic heterocycles. The zero-order chi connectivity index (χ0) is 20.2. The van der Waals surface area contributed by atoms with E-state index in [1.54, 1.807) is 37.3 Å². The average molecular weight is 389 g/mol. The molecule has 0 saturated carbocycles. The molecule has 146 valence electrons. The van der Waals surface area contributed by atoms with Crippen molar-refractivity contribution in [2.75, 3.05) is 18.7 Å². The monoisotopic (exact) mass is 389 g/mol. The van der Waals surface area contributed by atoms with Gasteiger partial charge in [0.15, 0.2) is 11.5 Å². The third-order valence-corrected chi connectivity index (χ3v) is 4.51. The van der Waals surface area contributed by atoms with Crippen molar-refractivity contribution in [3.63, 3.8) is 0 Å². The summed E-state index contributed by atoms with van der Waals surface area (Å²) in [5, 5.41) is 4.92. The molecule has 3 aromatic rings. The Labute approximate surface area is 167 Å². The maximum atomic E-state index is 13.1. The van der Waals surface area contributed by atoms with E-state index in [1.807, 2.05) is 30.3 Å². The summed E-state index contributed by atoms with van der Waals surface area (Å²) in [6.07, 6.45) is 1.37. The third kappa shape index (κ3) is 3.91. The predicted octanol–water partition coefficient (Wildman–Crippen LogP) is 4.31. The Hall–Kier alpha value is -3.80. The summed E-state index contributed by atoms with van der Waals surface area (Å²) in [6, 6.07) is 18.3. The Balaban J connectivity index is 1.64. The molecule has 0 amide bonds. The second-order valence-electron chi connectivity index (χ2n) is 6.38. The number of carbonyl (C=O) groups is 2. The van der Waals surface area contributed by atoms with Crippen LogP contribution in [0.25, 0.3) is 10.8 Å². The van der Waals surface area contributed by atoms with Crippen molar-refractivity contribution >= 4 is 28.2 Å². The summed E-state index contributed by atoms with van der Waals surface area (Å²) in [6.45, 7) is 2.04. The maximum Gasteiger partial charge on any atom is 0.343 e. The summed E-state index contributed by atoms with van der Waals surface area (Å²) in [5.74, 6) is 0.153. The molecule has 0 bridgehead atoms. The zero-order valence-electron chi connectivity index (χ0n) is 15.8. The largest absolute Gasteiger partial charge is 0.462 e. The molecule has 0 radical (unpaired) electrons. The van der Waals surface area contributed by atoms with Crippen molar-refractivity contribution in [3.8, 4) is 11.5 Å². The molecule has 1 N–H and O–H groups in total. The quantitative estimate of drug-likeness (QED) is 0.223. The lowest BCUT2D eigenvalue weighted by atomic mass is 10.0. The first-order valence-corrected chi connectivity index (χ1v) is 9.22. The summed E-state index contributed by atoms with van der Waals surface area (Å²) in [4.78, 5) is 25.5. The van der Waals surface area contributed by atoms with Crippen LogP contribution in [0.2, 0.25) is 0 Å². The van der Waals surface area contributed by atoms with Crippen molar-refractivity contribution in [2.45, 2.75) is 6.92 Å². The van der Waals surface area contributed by atoms with E-state index in [9.17, 15) is 9.59 Å². The number of carbonyl (C=O) groups excluding carboxylic acids is 2. The topological polar surface area (TPSA) is 73.9 Å². The number of Topliss-reactive ketones (excluding diaryl/α,β-unsaturated/α-hetero) is 1. The molecule has 6 nitrogen and oxygen atoms in total. The number of hydrogen-bond acceptors (Lipinski definition) is 6. The van der Waals surface area contributed by atoms with Crippen molar-refractivity contribution in [2.24, 2.45) is 0 Å². The molecule has 3 aromatic carbocycles. The Morgan fingerprint density at radius 3 is 2.62 bits per heavy atom. The first-order chi connectivity index (χ1) is 14.2. The lowest BCUT2D eigenvalue weighted by Gasteiger charge is -2.09. The Morgan fingerprint density at radius 2 is 1.79 bits per heavy atom. The van der Waals surface area contributed by atoms with Crippen LogP contribution in [0.3, 0.4) is 0 Å². The van der Waals surface area contributed by atoms with E-state index in [0.29, 0.717) is 22.7 Å². The molecule has 0 spiro atoms. The molecular formula is C23H19NO5. The Bertz CT molecular complexity index is 1120. The van der Waals surface area contributed by atoms with Gasteiger partial charge in [0, 0.05) is 23.5 Å². The summed E-state index contributed by atoms with van der Waals surface area (Å²) in [5.41, 5.74) is 0.984. The van der Waals surface area contributed by atoms with E-state index in [-0.39, 0.29) is 19.0 Å². The smallest absolute Gasteiger partial charge is 0.343 e. The molecule has 6 heteroatoms. The van der Waals surface area contributed by atoms with Gasteiger partial charge in [-0.15, -0.1) is 0 Å². The lowest BCUT2D eigenvalue weighted by Crippen LogP contribution is -2.17. The molecule has 1 heterocycles. The highest BCUT2D eigenvalue weighted by Crippen LogP contribution is 2.34. The highest BCUT2D eigenvalue weighted by molar-refractivity contribution is 6.24. The van der Waals surface area contributed by atoms with Crippen LogP contribution >= 0.6 is 0 Å². The van der Waals surface area contributed by atoms with Gasteiger partial charge in [0.05, 0.1) is 6.61 Å². The van der Waals surface area contributed by atoms with Gasteiger partial charge in [-0.25, -0.2) is 4.79 Å². The second-order valence-corrected chi connectivity index (χ2v) is 6.38. The van der Waals surface area contributed by atoms with Crippen LogP contribution in [0, 0.1) is 0 Å². The van der Waals surface area contributed by atoms with Gasteiger partial charge in [-0.05, 0) is 35.9 Å². The fourth-order valence-corrected chi connectivity index (χ4v) is 3.05. The minimum atomic E-state index is -0.682. The normalized spacial score (nSPS) is 12.7. The number of hydrogen-bond donors (Lipinski definition) is 1. The first-order valence-electron chi connectivity index (χ1n) is 9.22. The maximum absolute atomic E-state index is 13.1. The summed E-state index contributed by atoms with van der Waals surface area (Å²) in [7, 11) is 0. The van der Waals surface area contributed by atoms with Crippen molar-refractivity contribution in [1.82, 2.24) is 0 Å². The molecule has 1 aliphatic heterocycles. The number of esters is 1. The number of fused-ring (bicyclic) bond motifs is 2. The Morgan fingerprint density at radius 1 is 1.00 bits per heavy atom. The predicted molar refractivity (Wildman–Crippen MR) is 109 cm³/mol. The summed E-state index contributed by atoms with van der Waals surface area (Å²) < 4.78 is 15.7. The SMILES string of the molecule is CCOC(=O)/C(=C/Nc1ccc2c(c1)OCO2)C(=O)c1ccc2ccccc2c1. The van der Waals surface area contributed by atoms with Gasteiger partial charge in [-0.3, -0.25) is 4.79 Å². The van der Waals surface area contributed by atoms with E-state index in [4.69, 9.17) is 14.2 Å². The van der Waals surface area contributed by atoms with E-state index in [0.717, 1.165) is 10.8 Å². The highest BCUT2D eigenvalue weighted by Gasteiger charge is 2.22. The van der Waals surface area contributed by atoms with E-state index in [2.05, 4.69) is 5.32 Å². The zero-order valence-corrected chi connectivity index (χ0v) is 15.8. The van der Waals surface area contributed by atoms with E-state index < -0.39 is 11.8 Å². The average Bonchev–Trinajstić information content (AvgIpc) is 3.21. The number of rotatable bonds is 6. The fourth-order valence-electron chi connectivity index (χ4n) is 3.05. The molecule has 0 unspecified atom stereocenters. The van der Waals surface area contributed by atoms with Crippen LogP contribution in [0.5, 0.6) is 11.5 Å². The molecular weight excluding hydrogens is 370 g/mol. The number of nitrogens with one attached hydrogen (secondary N) is 1. The molecule has 1 aliphatic rings. The van der Waals surface area contributed by atoms with Crippen LogP contribution in [0.1, 0.15) is 17.3 Å². The minimum absolute atomic E-state index is 0.0835. The van der Waals surface area contributed by atoms with Gasteiger partial charge in [0.2, 0.25) is 12.6 Å². The standard InChI is InChI=1S/C23H19NO5/c1-2-27-23(26)19(13-24-18-9-10-20-21(12-18)29-14-28-20)22(25)17-8-7-15-5-3-4-6-16(15)11-17/h3-13,24H,2,14H2,1H3/b19-13+. The first kappa shape index (κ1) is 18.6. The van der Waals surface area contributed by atoms with Gasteiger partial charge >= 0.3 is 5.97 Å². The highest BCUT2D eigenvalue weighted by atomic mass is 16.7. The van der Waals surface area contributed by atoms with Crippen LogP contribution in [-0.2, 0) is 9.53 Å². The van der Waals surface area contributed by atoms with Crippen molar-refractivity contribution in [1.29, 1.82) is 0 Å². The van der Waals surface area contributed by atoms with Gasteiger partial charge in [-0.2, -0.15) is 0 Å². The molecule has 0 atom stereocenters. The van der Waals surface area contributed by atoms with Crippen molar-refractivity contribution < 1.29 is 23.8 Å². The van der Waals surface area contributed by atoms with E-state index in [1.165, 1.54) is 6.20 Å².